The van der Waals surface area contributed by atoms with Crippen LogP contribution in [0.25, 0.3) is 0 Å². The summed E-state index contributed by atoms with van der Waals surface area (Å²) in [7, 11) is -3.64. The lowest BCUT2D eigenvalue weighted by atomic mass is 10.0. The number of halogens is 3. The lowest BCUT2D eigenvalue weighted by Crippen LogP contribution is -2.32. The third-order valence-electron chi connectivity index (χ3n) is 4.19. The Kier molecular flexibility index (Phi) is 4.85. The van der Waals surface area contributed by atoms with Crippen LogP contribution >= 0.6 is 24.0 Å². The summed E-state index contributed by atoms with van der Waals surface area (Å²) >= 11 is 5.93. The fourth-order valence-electron chi connectivity index (χ4n) is 2.98. The molecular formula is C13H17Cl2FN2O2S. The zero-order valence-corrected chi connectivity index (χ0v) is 13.9. The van der Waals surface area contributed by atoms with Crippen molar-refractivity contribution in [3.05, 3.63) is 28.5 Å². The molecule has 118 valence electrons. The lowest BCUT2D eigenvalue weighted by Gasteiger charge is -2.18. The van der Waals surface area contributed by atoms with Crippen LogP contribution < -0.4 is 5.32 Å². The van der Waals surface area contributed by atoms with Crippen LogP contribution in [-0.2, 0) is 10.0 Å². The van der Waals surface area contributed by atoms with Crippen molar-refractivity contribution < 1.29 is 12.8 Å². The van der Waals surface area contributed by atoms with E-state index < -0.39 is 15.8 Å². The van der Waals surface area contributed by atoms with Crippen LogP contribution in [0.15, 0.2) is 17.0 Å². The van der Waals surface area contributed by atoms with Gasteiger partial charge in [0, 0.05) is 13.1 Å². The minimum absolute atomic E-state index is 0. The molecule has 1 aromatic carbocycles. The molecule has 0 amide bonds. The van der Waals surface area contributed by atoms with Crippen LogP contribution in [0.3, 0.4) is 0 Å². The Morgan fingerprint density at radius 1 is 1.29 bits per heavy atom. The second-order valence-corrected chi connectivity index (χ2v) is 7.85. The van der Waals surface area contributed by atoms with E-state index in [2.05, 4.69) is 5.32 Å². The van der Waals surface area contributed by atoms with E-state index in [1.54, 1.807) is 0 Å². The Morgan fingerprint density at radius 2 is 1.86 bits per heavy atom. The van der Waals surface area contributed by atoms with Gasteiger partial charge in [0.15, 0.2) is 0 Å². The maximum atomic E-state index is 13.4. The molecule has 0 bridgehead atoms. The minimum Gasteiger partial charge on any atom is -0.316 e. The molecule has 4 nitrogen and oxygen atoms in total. The molecular weight excluding hydrogens is 338 g/mol. The molecule has 1 aromatic rings. The molecule has 8 heteroatoms. The smallest absolute Gasteiger partial charge is 0.244 e. The van der Waals surface area contributed by atoms with Crippen molar-refractivity contribution in [1.82, 2.24) is 9.62 Å². The average molecular weight is 355 g/mol. The van der Waals surface area contributed by atoms with E-state index in [0.29, 0.717) is 24.9 Å². The number of rotatable bonds is 2. The number of nitrogens with zero attached hydrogens (tertiary/aromatic N) is 1. The molecule has 2 aliphatic rings. The highest BCUT2D eigenvalue weighted by molar-refractivity contribution is 7.89. The number of hydrogen-bond acceptors (Lipinski definition) is 3. The first-order chi connectivity index (χ1) is 9.39. The van der Waals surface area contributed by atoms with Gasteiger partial charge in [-0.1, -0.05) is 11.6 Å². The summed E-state index contributed by atoms with van der Waals surface area (Å²) in [4.78, 5) is 0.00555. The van der Waals surface area contributed by atoms with E-state index in [4.69, 9.17) is 11.6 Å². The van der Waals surface area contributed by atoms with E-state index in [1.807, 2.05) is 0 Å². The van der Waals surface area contributed by atoms with Gasteiger partial charge in [-0.2, -0.15) is 4.31 Å². The number of nitrogens with one attached hydrogen (secondary N) is 1. The molecule has 0 saturated carbocycles. The SMILES string of the molecule is Cc1cc(S(=O)(=O)N2C[C@H]3CNC[C@H]3C2)c(Cl)cc1F.Cl. The van der Waals surface area contributed by atoms with Gasteiger partial charge < -0.3 is 5.32 Å². The van der Waals surface area contributed by atoms with E-state index in [1.165, 1.54) is 17.3 Å². The molecule has 2 aliphatic heterocycles. The van der Waals surface area contributed by atoms with Gasteiger partial charge in [-0.3, -0.25) is 0 Å². The van der Waals surface area contributed by atoms with Crippen molar-refractivity contribution in [3.8, 4) is 0 Å². The Morgan fingerprint density at radius 3 is 2.43 bits per heavy atom. The van der Waals surface area contributed by atoms with Gasteiger partial charge in [-0.15, -0.1) is 12.4 Å². The Balaban J connectivity index is 0.00000161. The van der Waals surface area contributed by atoms with Gasteiger partial charge in [0.05, 0.1) is 5.02 Å². The van der Waals surface area contributed by atoms with Crippen molar-refractivity contribution in [1.29, 1.82) is 0 Å². The zero-order chi connectivity index (χ0) is 14.5. The normalized spacial score (nSPS) is 25.7. The first-order valence-electron chi connectivity index (χ1n) is 6.56. The van der Waals surface area contributed by atoms with Crippen LogP contribution in [-0.4, -0.2) is 38.9 Å². The predicted octanol–water partition coefficient (Wildman–Crippen LogP) is 2.05. The summed E-state index contributed by atoms with van der Waals surface area (Å²) in [5.41, 5.74) is 0.286. The summed E-state index contributed by atoms with van der Waals surface area (Å²) in [5, 5.41) is 3.21. The molecule has 0 aromatic heterocycles. The molecule has 2 atom stereocenters. The predicted molar refractivity (Wildman–Crippen MR) is 82.0 cm³/mol. The number of hydrogen-bond donors (Lipinski definition) is 1. The average Bonchev–Trinajstić information content (AvgIpc) is 2.94. The highest BCUT2D eigenvalue weighted by Gasteiger charge is 2.42. The second kappa shape index (κ2) is 6.01. The summed E-state index contributed by atoms with van der Waals surface area (Å²) < 4.78 is 40.2. The van der Waals surface area contributed by atoms with Crippen molar-refractivity contribution >= 4 is 34.0 Å². The second-order valence-electron chi connectivity index (χ2n) is 5.53. The highest BCUT2D eigenvalue weighted by Crippen LogP contribution is 2.33. The van der Waals surface area contributed by atoms with Gasteiger partial charge in [0.25, 0.3) is 0 Å². The third kappa shape index (κ3) is 2.92. The van der Waals surface area contributed by atoms with Crippen LogP contribution in [0, 0.1) is 24.6 Å². The Hall–Kier alpha value is -0.400. The molecule has 1 N–H and O–H groups in total. The monoisotopic (exact) mass is 354 g/mol. The largest absolute Gasteiger partial charge is 0.316 e. The summed E-state index contributed by atoms with van der Waals surface area (Å²) in [5.74, 6) is 0.242. The quantitative estimate of drug-likeness (QED) is 0.884. The molecule has 2 saturated heterocycles. The van der Waals surface area contributed by atoms with Crippen LogP contribution in [0.5, 0.6) is 0 Å². The standard InChI is InChI=1S/C13H16ClFN2O2S.ClH/c1-8-2-13(11(14)3-12(8)15)20(18,19)17-6-9-4-16-5-10(9)7-17;/h2-3,9-10,16H,4-7H2,1H3;1H/t9-,10+;. The van der Waals surface area contributed by atoms with E-state index in [-0.39, 0.29) is 27.9 Å². The van der Waals surface area contributed by atoms with E-state index in [9.17, 15) is 12.8 Å². The first kappa shape index (κ1) is 17.0. The number of benzene rings is 1. The van der Waals surface area contributed by atoms with Crippen LogP contribution in [0.2, 0.25) is 5.02 Å². The molecule has 2 fully saturated rings. The van der Waals surface area contributed by atoms with Crippen molar-refractivity contribution in [2.24, 2.45) is 11.8 Å². The minimum atomic E-state index is -3.64. The first-order valence-corrected chi connectivity index (χ1v) is 8.38. The Labute approximate surface area is 135 Å². The maximum absolute atomic E-state index is 13.4. The number of fused-ring (bicyclic) bond motifs is 1. The van der Waals surface area contributed by atoms with Crippen molar-refractivity contribution in [3.63, 3.8) is 0 Å². The van der Waals surface area contributed by atoms with Crippen molar-refractivity contribution in [2.45, 2.75) is 11.8 Å². The third-order valence-corrected chi connectivity index (χ3v) is 6.48. The summed E-state index contributed by atoms with van der Waals surface area (Å²) in [6.45, 7) is 4.26. The molecule has 0 radical (unpaired) electrons. The maximum Gasteiger partial charge on any atom is 0.244 e. The lowest BCUT2D eigenvalue weighted by molar-refractivity contribution is 0.448. The molecule has 0 spiro atoms. The zero-order valence-electron chi connectivity index (χ0n) is 11.5. The van der Waals surface area contributed by atoms with Crippen molar-refractivity contribution in [2.75, 3.05) is 26.2 Å². The number of sulfonamides is 1. The van der Waals surface area contributed by atoms with Gasteiger partial charge in [-0.25, -0.2) is 12.8 Å². The van der Waals surface area contributed by atoms with Gasteiger partial charge in [0.1, 0.15) is 10.7 Å². The topological polar surface area (TPSA) is 49.4 Å². The highest BCUT2D eigenvalue weighted by atomic mass is 35.5. The summed E-state index contributed by atoms with van der Waals surface area (Å²) in [6.07, 6.45) is 0. The van der Waals surface area contributed by atoms with Crippen LogP contribution in [0.4, 0.5) is 4.39 Å². The van der Waals surface area contributed by atoms with E-state index >= 15 is 0 Å². The van der Waals surface area contributed by atoms with Crippen LogP contribution in [0.1, 0.15) is 5.56 Å². The number of aryl methyl sites for hydroxylation is 1. The molecule has 0 aliphatic carbocycles. The Bertz CT molecular complexity index is 642. The summed E-state index contributed by atoms with van der Waals surface area (Å²) in [6, 6.07) is 2.39. The van der Waals surface area contributed by atoms with Gasteiger partial charge in [-0.05, 0) is 49.5 Å². The fourth-order valence-corrected chi connectivity index (χ4v) is 5.10. The molecule has 3 rings (SSSR count). The molecule has 21 heavy (non-hydrogen) atoms. The molecule has 0 unspecified atom stereocenters. The fraction of sp³-hybridized carbons (Fsp3) is 0.538. The van der Waals surface area contributed by atoms with E-state index in [0.717, 1.165) is 19.2 Å². The molecule has 2 heterocycles. The van der Waals surface area contributed by atoms with Gasteiger partial charge in [0.2, 0.25) is 10.0 Å². The van der Waals surface area contributed by atoms with Gasteiger partial charge >= 0.3 is 0 Å².